The number of nitrogens with zero attached hydrogens (tertiary/aromatic N) is 1. The van der Waals surface area contributed by atoms with Gasteiger partial charge in [0.2, 0.25) is 0 Å². The van der Waals surface area contributed by atoms with Gasteiger partial charge in [-0.3, -0.25) is 4.79 Å². The molecule has 0 unspecified atom stereocenters. The monoisotopic (exact) mass is 310 g/mol. The Labute approximate surface area is 129 Å². The first-order valence-electron chi connectivity index (χ1n) is 6.53. The Bertz CT molecular complexity index is 581. The third-order valence-electron chi connectivity index (χ3n) is 2.51. The van der Waals surface area contributed by atoms with Gasteiger partial charge < -0.3 is 5.32 Å². The van der Waals surface area contributed by atoms with Gasteiger partial charge in [0.1, 0.15) is 4.88 Å². The zero-order valence-corrected chi connectivity index (χ0v) is 13.7. The van der Waals surface area contributed by atoms with Crippen molar-refractivity contribution in [3.63, 3.8) is 0 Å². The van der Waals surface area contributed by atoms with E-state index >= 15 is 0 Å². The molecule has 0 saturated heterocycles. The minimum absolute atomic E-state index is 0.0991. The summed E-state index contributed by atoms with van der Waals surface area (Å²) >= 11 is 7.43. The smallest absolute Gasteiger partial charge is 0.263 e. The number of aromatic nitrogens is 1. The minimum Gasteiger partial charge on any atom is -0.347 e. The molecule has 1 aromatic heterocycles. The molecule has 3 nitrogen and oxygen atoms in total. The van der Waals surface area contributed by atoms with E-state index in [1.165, 1.54) is 11.3 Å². The van der Waals surface area contributed by atoms with Crippen LogP contribution in [0.2, 0.25) is 5.02 Å². The maximum Gasteiger partial charge on any atom is 0.263 e. The summed E-state index contributed by atoms with van der Waals surface area (Å²) in [5.41, 5.74) is 1.68. The van der Waals surface area contributed by atoms with Gasteiger partial charge in [-0.2, -0.15) is 0 Å². The molecule has 0 fully saturated rings. The molecule has 0 bridgehead atoms. The summed E-state index contributed by atoms with van der Waals surface area (Å²) in [4.78, 5) is 16.9. The number of hydrogen-bond donors (Lipinski definition) is 1. The van der Waals surface area contributed by atoms with Crippen LogP contribution in [0.5, 0.6) is 0 Å². The summed E-state index contributed by atoms with van der Waals surface area (Å²) in [5.74, 6) is -0.0991. The second kappa shape index (κ2) is 8.02. The van der Waals surface area contributed by atoms with Crippen LogP contribution in [0.1, 0.15) is 39.8 Å². The number of carbonyl (C=O) groups is 1. The summed E-state index contributed by atoms with van der Waals surface area (Å²) in [7, 11) is 0. The fourth-order valence-electron chi connectivity index (χ4n) is 1.64. The van der Waals surface area contributed by atoms with Crippen molar-refractivity contribution in [2.24, 2.45) is 0 Å². The van der Waals surface area contributed by atoms with Gasteiger partial charge in [0.05, 0.1) is 10.7 Å². The average Bonchev–Trinajstić information content (AvgIpc) is 2.79. The summed E-state index contributed by atoms with van der Waals surface area (Å²) in [6, 6.07) is 7.47. The van der Waals surface area contributed by atoms with Crippen molar-refractivity contribution in [2.75, 3.05) is 0 Å². The number of hydrogen-bond acceptors (Lipinski definition) is 3. The highest BCUT2D eigenvalue weighted by molar-refractivity contribution is 7.13. The molecule has 0 spiro atoms. The van der Waals surface area contributed by atoms with E-state index < -0.39 is 0 Å². The van der Waals surface area contributed by atoms with E-state index in [9.17, 15) is 4.79 Å². The molecule has 1 N–H and O–H groups in total. The number of carbonyl (C=O) groups excluding carboxylic acids is 1. The Morgan fingerprint density at radius 2 is 1.95 bits per heavy atom. The van der Waals surface area contributed by atoms with Crippen LogP contribution < -0.4 is 5.32 Å². The Kier molecular flexibility index (Phi) is 6.68. The van der Waals surface area contributed by atoms with Crippen LogP contribution in [0.25, 0.3) is 0 Å². The van der Waals surface area contributed by atoms with Crippen molar-refractivity contribution >= 4 is 28.8 Å². The van der Waals surface area contributed by atoms with E-state index in [0.29, 0.717) is 16.4 Å². The molecule has 1 heterocycles. The van der Waals surface area contributed by atoms with Gasteiger partial charge in [-0.25, -0.2) is 4.98 Å². The first kappa shape index (κ1) is 16.7. The number of nitrogens with one attached hydrogen (secondary N) is 1. The van der Waals surface area contributed by atoms with Crippen LogP contribution in [-0.4, -0.2) is 10.9 Å². The van der Waals surface area contributed by atoms with E-state index in [1.807, 2.05) is 52.0 Å². The fourth-order valence-corrected chi connectivity index (χ4v) is 2.68. The van der Waals surface area contributed by atoms with Gasteiger partial charge >= 0.3 is 0 Å². The van der Waals surface area contributed by atoms with Crippen LogP contribution in [-0.2, 0) is 6.54 Å². The van der Waals surface area contributed by atoms with Gasteiger partial charge in [-0.05, 0) is 25.5 Å². The van der Waals surface area contributed by atoms with Crippen molar-refractivity contribution in [1.29, 1.82) is 0 Å². The van der Waals surface area contributed by atoms with E-state index in [2.05, 4.69) is 10.3 Å². The molecule has 0 saturated carbocycles. The first-order chi connectivity index (χ1) is 9.58. The highest BCUT2D eigenvalue weighted by Crippen LogP contribution is 2.18. The first-order valence-corrected chi connectivity index (χ1v) is 7.73. The van der Waals surface area contributed by atoms with Crippen LogP contribution in [0.15, 0.2) is 24.3 Å². The third kappa shape index (κ3) is 4.32. The number of aryl methyl sites for hydroxylation is 2. The highest BCUT2D eigenvalue weighted by atomic mass is 35.5. The number of thiazole rings is 1. The molecule has 0 aliphatic carbocycles. The zero-order chi connectivity index (χ0) is 15.1. The van der Waals surface area contributed by atoms with Crippen molar-refractivity contribution in [1.82, 2.24) is 10.3 Å². The lowest BCUT2D eigenvalue weighted by Gasteiger charge is -2.05. The molecular formula is C15H19ClN2OS. The molecule has 2 aromatic rings. The van der Waals surface area contributed by atoms with Crippen molar-refractivity contribution in [2.45, 2.75) is 34.2 Å². The quantitative estimate of drug-likeness (QED) is 0.914. The molecule has 0 atom stereocenters. The molecular weight excluding hydrogens is 292 g/mol. The number of halogens is 1. The number of rotatable bonds is 3. The number of amides is 1. The van der Waals surface area contributed by atoms with E-state index in [0.717, 1.165) is 16.3 Å². The Morgan fingerprint density at radius 1 is 1.30 bits per heavy atom. The lowest BCUT2D eigenvalue weighted by molar-refractivity contribution is 0.0954. The van der Waals surface area contributed by atoms with E-state index in [-0.39, 0.29) is 5.91 Å². The third-order valence-corrected chi connectivity index (χ3v) is 3.95. The average molecular weight is 311 g/mol. The predicted molar refractivity (Wildman–Crippen MR) is 85.6 cm³/mol. The minimum atomic E-state index is -0.0991. The Hall–Kier alpha value is -1.39. The molecule has 20 heavy (non-hydrogen) atoms. The second-order valence-electron chi connectivity index (χ2n) is 3.92. The van der Waals surface area contributed by atoms with Gasteiger partial charge in [0.25, 0.3) is 5.91 Å². The molecule has 0 radical (unpaired) electrons. The Morgan fingerprint density at radius 3 is 2.50 bits per heavy atom. The SMILES string of the molecule is CC.Cc1nc(C)c(C(=O)NCc2ccccc2Cl)s1. The van der Waals surface area contributed by atoms with Crippen LogP contribution in [0.3, 0.4) is 0 Å². The van der Waals surface area contributed by atoms with Crippen molar-refractivity contribution in [3.05, 3.63) is 50.4 Å². The molecule has 0 aliphatic heterocycles. The Balaban J connectivity index is 0.000000956. The molecule has 1 amide bonds. The standard InChI is InChI=1S/C13H13ClN2OS.C2H6/c1-8-12(18-9(2)16-8)13(17)15-7-10-5-3-4-6-11(10)14;1-2/h3-6H,7H2,1-2H3,(H,15,17);1-2H3. The summed E-state index contributed by atoms with van der Waals surface area (Å²) in [6.45, 7) is 8.16. The summed E-state index contributed by atoms with van der Waals surface area (Å²) in [5, 5.41) is 4.42. The van der Waals surface area contributed by atoms with Gasteiger partial charge in [-0.1, -0.05) is 43.6 Å². The van der Waals surface area contributed by atoms with Gasteiger partial charge in [0.15, 0.2) is 0 Å². The van der Waals surface area contributed by atoms with Gasteiger partial charge in [-0.15, -0.1) is 11.3 Å². The molecule has 0 aliphatic rings. The highest BCUT2D eigenvalue weighted by Gasteiger charge is 2.13. The van der Waals surface area contributed by atoms with Crippen LogP contribution in [0, 0.1) is 13.8 Å². The van der Waals surface area contributed by atoms with Crippen LogP contribution >= 0.6 is 22.9 Å². The molecule has 108 valence electrons. The number of benzene rings is 1. The normalized spacial score (nSPS) is 9.65. The predicted octanol–water partition coefficient (Wildman–Crippen LogP) is 4.37. The molecule has 1 aromatic carbocycles. The maximum atomic E-state index is 12.0. The molecule has 2 rings (SSSR count). The zero-order valence-electron chi connectivity index (χ0n) is 12.2. The fraction of sp³-hybridized carbons (Fsp3) is 0.333. The maximum absolute atomic E-state index is 12.0. The van der Waals surface area contributed by atoms with Gasteiger partial charge in [0, 0.05) is 11.6 Å². The lowest BCUT2D eigenvalue weighted by atomic mass is 10.2. The lowest BCUT2D eigenvalue weighted by Crippen LogP contribution is -2.22. The molecule has 5 heteroatoms. The van der Waals surface area contributed by atoms with Crippen molar-refractivity contribution < 1.29 is 4.79 Å². The van der Waals surface area contributed by atoms with Crippen molar-refractivity contribution in [3.8, 4) is 0 Å². The summed E-state index contributed by atoms with van der Waals surface area (Å²) < 4.78 is 0. The van der Waals surface area contributed by atoms with Crippen LogP contribution in [0.4, 0.5) is 0 Å². The topological polar surface area (TPSA) is 42.0 Å². The second-order valence-corrected chi connectivity index (χ2v) is 5.53. The largest absolute Gasteiger partial charge is 0.347 e. The van der Waals surface area contributed by atoms with E-state index in [4.69, 9.17) is 11.6 Å². The van der Waals surface area contributed by atoms with E-state index in [1.54, 1.807) is 0 Å². The summed E-state index contributed by atoms with van der Waals surface area (Å²) in [6.07, 6.45) is 0.